The number of rotatable bonds is 4. The van der Waals surface area contributed by atoms with E-state index in [0.29, 0.717) is 13.0 Å². The SMILES string of the molecule is CC1CN(C(=O)Cc2ccccc2)c2ccc(-c3ccc(C4CCCCC4)cc3)cc2O1. The van der Waals surface area contributed by atoms with E-state index < -0.39 is 0 Å². The molecule has 1 unspecified atom stereocenters. The second-order valence-electron chi connectivity index (χ2n) is 9.23. The zero-order chi connectivity index (χ0) is 21.9. The summed E-state index contributed by atoms with van der Waals surface area (Å²) in [7, 11) is 0. The molecule has 3 aromatic rings. The average Bonchev–Trinajstić information content (AvgIpc) is 2.84. The molecule has 0 saturated heterocycles. The molecule has 2 aliphatic rings. The number of anilines is 1. The minimum absolute atomic E-state index is 0.0360. The van der Waals surface area contributed by atoms with Crippen molar-refractivity contribution in [2.75, 3.05) is 11.4 Å². The Morgan fingerprint density at radius 2 is 1.62 bits per heavy atom. The van der Waals surface area contributed by atoms with Crippen molar-refractivity contribution in [2.24, 2.45) is 0 Å². The number of hydrogen-bond donors (Lipinski definition) is 0. The summed E-state index contributed by atoms with van der Waals surface area (Å²) >= 11 is 0. The van der Waals surface area contributed by atoms with Crippen molar-refractivity contribution in [1.82, 2.24) is 0 Å². The van der Waals surface area contributed by atoms with Gasteiger partial charge in [0.2, 0.25) is 5.91 Å². The Morgan fingerprint density at radius 1 is 0.906 bits per heavy atom. The maximum Gasteiger partial charge on any atom is 0.231 e. The molecular weight excluding hydrogens is 394 g/mol. The predicted octanol–water partition coefficient (Wildman–Crippen LogP) is 6.76. The summed E-state index contributed by atoms with van der Waals surface area (Å²) in [5.74, 6) is 1.62. The second kappa shape index (κ2) is 9.20. The first kappa shape index (κ1) is 20.8. The Hall–Kier alpha value is -3.07. The third-order valence-corrected chi connectivity index (χ3v) is 6.84. The van der Waals surface area contributed by atoms with Crippen molar-refractivity contribution in [3.8, 4) is 16.9 Å². The molecule has 1 saturated carbocycles. The Morgan fingerprint density at radius 3 is 2.38 bits per heavy atom. The van der Waals surface area contributed by atoms with Crippen LogP contribution in [0.25, 0.3) is 11.1 Å². The molecule has 1 heterocycles. The molecule has 0 bridgehead atoms. The summed E-state index contributed by atoms with van der Waals surface area (Å²) < 4.78 is 6.15. The number of benzene rings is 3. The lowest BCUT2D eigenvalue weighted by Crippen LogP contribution is -2.43. The first-order valence-electron chi connectivity index (χ1n) is 11.9. The van der Waals surface area contributed by atoms with Gasteiger partial charge in [-0.05, 0) is 60.1 Å². The fraction of sp³-hybridized carbons (Fsp3) is 0.345. The smallest absolute Gasteiger partial charge is 0.231 e. The van der Waals surface area contributed by atoms with Gasteiger partial charge in [0.05, 0.1) is 18.7 Å². The molecule has 0 radical (unpaired) electrons. The summed E-state index contributed by atoms with van der Waals surface area (Å²) in [4.78, 5) is 15.0. The lowest BCUT2D eigenvalue weighted by atomic mass is 9.83. The fourth-order valence-corrected chi connectivity index (χ4v) is 5.11. The van der Waals surface area contributed by atoms with E-state index in [0.717, 1.165) is 28.5 Å². The summed E-state index contributed by atoms with van der Waals surface area (Å²) in [5, 5.41) is 0. The van der Waals surface area contributed by atoms with Gasteiger partial charge in [0, 0.05) is 0 Å². The van der Waals surface area contributed by atoms with Gasteiger partial charge in [-0.2, -0.15) is 0 Å². The maximum absolute atomic E-state index is 13.1. The highest BCUT2D eigenvalue weighted by Gasteiger charge is 2.28. The molecule has 3 heteroatoms. The third kappa shape index (κ3) is 4.43. The van der Waals surface area contributed by atoms with Gasteiger partial charge in [-0.1, -0.05) is 79.9 Å². The lowest BCUT2D eigenvalue weighted by molar-refractivity contribution is -0.118. The minimum Gasteiger partial charge on any atom is -0.487 e. The summed E-state index contributed by atoms with van der Waals surface area (Å²) in [6.45, 7) is 2.60. The van der Waals surface area contributed by atoms with E-state index in [9.17, 15) is 4.79 Å². The highest BCUT2D eigenvalue weighted by Crippen LogP contribution is 2.38. The Kier molecular flexibility index (Phi) is 5.98. The molecule has 5 rings (SSSR count). The van der Waals surface area contributed by atoms with Crippen LogP contribution < -0.4 is 9.64 Å². The summed E-state index contributed by atoms with van der Waals surface area (Å²) in [6, 6.07) is 25.2. The topological polar surface area (TPSA) is 29.5 Å². The molecule has 1 aliphatic heterocycles. The van der Waals surface area contributed by atoms with Crippen LogP contribution in [0.5, 0.6) is 5.75 Å². The van der Waals surface area contributed by atoms with E-state index in [1.54, 1.807) is 0 Å². The second-order valence-corrected chi connectivity index (χ2v) is 9.23. The molecule has 3 aromatic carbocycles. The van der Waals surface area contributed by atoms with Crippen LogP contribution in [0.3, 0.4) is 0 Å². The Bertz CT molecular complexity index is 1070. The highest BCUT2D eigenvalue weighted by molar-refractivity contribution is 5.97. The normalized spacial score (nSPS) is 18.7. The van der Waals surface area contributed by atoms with E-state index >= 15 is 0 Å². The monoisotopic (exact) mass is 425 g/mol. The zero-order valence-electron chi connectivity index (χ0n) is 18.8. The molecule has 0 aromatic heterocycles. The average molecular weight is 426 g/mol. The van der Waals surface area contributed by atoms with Crippen LogP contribution in [-0.4, -0.2) is 18.6 Å². The number of ether oxygens (including phenoxy) is 1. The van der Waals surface area contributed by atoms with Crippen LogP contribution in [0.2, 0.25) is 0 Å². The molecule has 0 spiro atoms. The van der Waals surface area contributed by atoms with Crippen LogP contribution in [-0.2, 0) is 11.2 Å². The number of amides is 1. The summed E-state index contributed by atoms with van der Waals surface area (Å²) in [6.07, 6.45) is 7.09. The number of fused-ring (bicyclic) bond motifs is 1. The minimum atomic E-state index is -0.0360. The van der Waals surface area contributed by atoms with E-state index in [2.05, 4.69) is 36.4 Å². The number of nitrogens with zero attached hydrogens (tertiary/aromatic N) is 1. The number of hydrogen-bond acceptors (Lipinski definition) is 2. The van der Waals surface area contributed by atoms with Crippen LogP contribution in [0, 0.1) is 0 Å². The van der Waals surface area contributed by atoms with E-state index in [4.69, 9.17) is 4.74 Å². The van der Waals surface area contributed by atoms with Gasteiger partial charge in [-0.15, -0.1) is 0 Å². The first-order valence-corrected chi connectivity index (χ1v) is 11.9. The van der Waals surface area contributed by atoms with Crippen molar-refractivity contribution in [1.29, 1.82) is 0 Å². The Balaban J connectivity index is 1.37. The standard InChI is InChI=1S/C29H31NO2/c1-21-20-30(29(31)18-22-8-4-2-5-9-22)27-17-16-26(19-28(27)32-21)25-14-12-24(13-15-25)23-10-6-3-7-11-23/h2,4-5,8-9,12-17,19,21,23H,3,6-7,10-11,18,20H2,1H3. The molecule has 1 aliphatic carbocycles. The van der Waals surface area contributed by atoms with Gasteiger partial charge in [0.1, 0.15) is 11.9 Å². The maximum atomic E-state index is 13.1. The van der Waals surface area contributed by atoms with Crippen molar-refractivity contribution in [2.45, 2.75) is 57.5 Å². The number of carbonyl (C=O) groups excluding carboxylic acids is 1. The molecular formula is C29H31NO2. The van der Waals surface area contributed by atoms with Gasteiger partial charge in [-0.3, -0.25) is 4.79 Å². The van der Waals surface area contributed by atoms with E-state index in [-0.39, 0.29) is 12.0 Å². The zero-order valence-corrected chi connectivity index (χ0v) is 18.8. The van der Waals surface area contributed by atoms with Crippen LogP contribution in [0.15, 0.2) is 72.8 Å². The van der Waals surface area contributed by atoms with Crippen molar-refractivity contribution >= 4 is 11.6 Å². The van der Waals surface area contributed by atoms with Gasteiger partial charge in [-0.25, -0.2) is 0 Å². The lowest BCUT2D eigenvalue weighted by Gasteiger charge is -2.34. The van der Waals surface area contributed by atoms with Crippen molar-refractivity contribution < 1.29 is 9.53 Å². The largest absolute Gasteiger partial charge is 0.487 e. The summed E-state index contributed by atoms with van der Waals surface area (Å²) in [5.41, 5.74) is 5.69. The number of carbonyl (C=O) groups is 1. The third-order valence-electron chi connectivity index (χ3n) is 6.84. The van der Waals surface area contributed by atoms with Gasteiger partial charge >= 0.3 is 0 Å². The van der Waals surface area contributed by atoms with E-state index in [1.165, 1.54) is 43.2 Å². The molecule has 32 heavy (non-hydrogen) atoms. The quantitative estimate of drug-likeness (QED) is 0.462. The molecule has 1 amide bonds. The molecule has 164 valence electrons. The van der Waals surface area contributed by atoms with Crippen molar-refractivity contribution in [3.63, 3.8) is 0 Å². The van der Waals surface area contributed by atoms with Crippen LogP contribution >= 0.6 is 0 Å². The molecule has 0 N–H and O–H groups in total. The fourth-order valence-electron chi connectivity index (χ4n) is 5.11. The molecule has 3 nitrogen and oxygen atoms in total. The van der Waals surface area contributed by atoms with Crippen molar-refractivity contribution in [3.05, 3.63) is 83.9 Å². The predicted molar refractivity (Wildman–Crippen MR) is 130 cm³/mol. The highest BCUT2D eigenvalue weighted by atomic mass is 16.5. The van der Waals surface area contributed by atoms with Gasteiger partial charge in [0.25, 0.3) is 0 Å². The Labute approximate surface area is 191 Å². The van der Waals surface area contributed by atoms with E-state index in [1.807, 2.05) is 48.2 Å². The van der Waals surface area contributed by atoms with Crippen LogP contribution in [0.4, 0.5) is 5.69 Å². The van der Waals surface area contributed by atoms with Gasteiger partial charge < -0.3 is 9.64 Å². The molecule has 1 fully saturated rings. The first-order chi connectivity index (χ1) is 15.7. The molecule has 1 atom stereocenters. The van der Waals surface area contributed by atoms with Gasteiger partial charge in [0.15, 0.2) is 0 Å². The van der Waals surface area contributed by atoms with Crippen LogP contribution in [0.1, 0.15) is 56.1 Å².